The van der Waals surface area contributed by atoms with Gasteiger partial charge in [-0.3, -0.25) is 33.7 Å². The minimum Gasteiger partial charge on any atom is -0.479 e. The van der Waals surface area contributed by atoms with Crippen LogP contribution in [0.4, 0.5) is 0 Å². The fourth-order valence-electron chi connectivity index (χ4n) is 4.56. The summed E-state index contributed by atoms with van der Waals surface area (Å²) in [5, 5.41) is 23.2. The summed E-state index contributed by atoms with van der Waals surface area (Å²) in [6.45, 7) is -1.39. The van der Waals surface area contributed by atoms with E-state index >= 15 is 0 Å². The molecule has 1 rings (SSSR count). The highest BCUT2D eigenvalue weighted by molar-refractivity contribution is 6.30. The molecule has 40 heavy (non-hydrogen) atoms. The normalized spacial score (nSPS) is 20.2. The van der Waals surface area contributed by atoms with E-state index in [4.69, 9.17) is 33.4 Å². The maximum atomic E-state index is 14.3. The number of hydrogen-bond acceptors (Lipinski definition) is 15. The molecule has 17 nitrogen and oxygen atoms in total. The van der Waals surface area contributed by atoms with Crippen LogP contribution in [0.1, 0.15) is 33.1 Å². The van der Waals surface area contributed by atoms with Crippen LogP contribution in [-0.4, -0.2) is 118 Å². The Labute approximate surface area is 230 Å². The Morgan fingerprint density at radius 3 is 2.05 bits per heavy atom. The van der Waals surface area contributed by atoms with Gasteiger partial charge in [-0.25, -0.2) is 4.79 Å². The smallest absolute Gasteiger partial charge is 0.343 e. The summed E-state index contributed by atoms with van der Waals surface area (Å²) in [6, 6.07) is -5.31. The largest absolute Gasteiger partial charge is 0.479 e. The van der Waals surface area contributed by atoms with E-state index in [-0.39, 0.29) is 24.3 Å². The van der Waals surface area contributed by atoms with Crippen molar-refractivity contribution in [2.24, 2.45) is 34.6 Å². The number of ketones is 3. The van der Waals surface area contributed by atoms with Gasteiger partial charge in [0.15, 0.2) is 5.78 Å². The van der Waals surface area contributed by atoms with Crippen LogP contribution in [0.2, 0.25) is 0 Å². The highest BCUT2D eigenvalue weighted by atomic mass is 16.6. The fraction of sp³-hybridized carbons (Fsp3) is 0.696. The molecule has 2 amide bonds. The topological polar surface area (TPSA) is 315 Å². The first-order valence-electron chi connectivity index (χ1n) is 12.6. The predicted molar refractivity (Wildman–Crippen MR) is 137 cm³/mol. The average Bonchev–Trinajstić information content (AvgIpc) is 3.50. The maximum Gasteiger partial charge on any atom is 0.343 e. The van der Waals surface area contributed by atoms with E-state index in [1.54, 1.807) is 6.92 Å². The summed E-state index contributed by atoms with van der Waals surface area (Å²) in [5.41, 5.74) is 20.3. The number of carboxylic acid groups (broad SMARTS) is 1. The molecule has 0 radical (unpaired) electrons. The fourth-order valence-corrected chi connectivity index (χ4v) is 4.56. The van der Waals surface area contributed by atoms with Gasteiger partial charge in [0.25, 0.3) is 11.1 Å². The van der Waals surface area contributed by atoms with Gasteiger partial charge in [0, 0.05) is 0 Å². The number of esters is 1. The number of rotatable bonds is 16. The van der Waals surface area contributed by atoms with Gasteiger partial charge in [0.05, 0.1) is 44.4 Å². The van der Waals surface area contributed by atoms with Gasteiger partial charge in [-0.2, -0.15) is 0 Å². The summed E-state index contributed by atoms with van der Waals surface area (Å²) in [5.74, 6) is -13.0. The first-order valence-corrected chi connectivity index (χ1v) is 12.6. The number of Topliss-reactive ketones (excluding diaryl/α,β-unsaturated/α-hetero) is 3. The van der Waals surface area contributed by atoms with Gasteiger partial charge < -0.3 is 48.9 Å². The molecule has 1 fully saturated rings. The summed E-state index contributed by atoms with van der Waals surface area (Å²) in [4.78, 5) is 95.1. The number of nitrogens with zero attached hydrogens (tertiary/aromatic N) is 1. The molecule has 0 aromatic heterocycles. The number of aliphatic hydroxyl groups is 1. The Kier molecular flexibility index (Phi) is 12.6. The van der Waals surface area contributed by atoms with Crippen LogP contribution in [0.5, 0.6) is 0 Å². The van der Waals surface area contributed by atoms with Crippen LogP contribution >= 0.6 is 0 Å². The van der Waals surface area contributed by atoms with E-state index in [0.29, 0.717) is 6.42 Å². The summed E-state index contributed by atoms with van der Waals surface area (Å²) < 4.78 is 5.13. The van der Waals surface area contributed by atoms with Crippen molar-refractivity contribution >= 4 is 41.1 Å². The Morgan fingerprint density at radius 2 is 1.65 bits per heavy atom. The highest BCUT2D eigenvalue weighted by Crippen LogP contribution is 2.40. The number of imide groups is 1. The quantitative estimate of drug-likeness (QED) is 0.0630. The molecule has 0 bridgehead atoms. The summed E-state index contributed by atoms with van der Waals surface area (Å²) in [6.07, 6.45) is 0.475. The third-order valence-corrected chi connectivity index (χ3v) is 6.97. The summed E-state index contributed by atoms with van der Waals surface area (Å²) in [7, 11) is 0. The molecular formula is C23H39N7O10. The van der Waals surface area contributed by atoms with Crippen LogP contribution < -0.4 is 34.0 Å². The van der Waals surface area contributed by atoms with Crippen molar-refractivity contribution in [1.29, 1.82) is 0 Å². The second-order valence-electron chi connectivity index (χ2n) is 9.35. The average molecular weight is 574 g/mol. The number of aliphatic carboxylic acids is 1. The van der Waals surface area contributed by atoms with Gasteiger partial charge in [-0.15, -0.1) is 0 Å². The molecule has 226 valence electrons. The lowest BCUT2D eigenvalue weighted by molar-refractivity contribution is -0.204. The molecule has 1 aliphatic rings. The molecule has 1 saturated heterocycles. The first kappa shape index (κ1) is 34.8. The lowest BCUT2D eigenvalue weighted by Crippen LogP contribution is -2.85. The zero-order chi connectivity index (χ0) is 31.0. The van der Waals surface area contributed by atoms with E-state index < -0.39 is 103 Å². The molecule has 6 atom stereocenters. The van der Waals surface area contributed by atoms with Crippen LogP contribution in [0.3, 0.4) is 0 Å². The van der Waals surface area contributed by atoms with E-state index in [2.05, 4.69) is 5.32 Å². The molecule has 0 spiro atoms. The third kappa shape index (κ3) is 5.95. The number of aliphatic hydroxyl groups excluding tert-OH is 1. The second-order valence-corrected chi connectivity index (χ2v) is 9.35. The van der Waals surface area contributed by atoms with Crippen molar-refractivity contribution in [2.75, 3.05) is 32.8 Å². The minimum absolute atomic E-state index is 0.0674. The SMILES string of the molecule is CCC(C)C(N)C(=O)N(C(=O)CN)C(C(=O)O)(C(=O)C1CCCN1)C(OC(=O)CN)(C(=O)CN)C(=O)C(N)CO. The Balaban J connectivity index is 4.56. The van der Waals surface area contributed by atoms with Crippen molar-refractivity contribution in [2.45, 2.75) is 62.4 Å². The van der Waals surface area contributed by atoms with Crippen LogP contribution in [-0.2, 0) is 38.3 Å². The lowest BCUT2D eigenvalue weighted by atomic mass is 9.66. The van der Waals surface area contributed by atoms with Crippen molar-refractivity contribution in [1.82, 2.24) is 10.2 Å². The van der Waals surface area contributed by atoms with Crippen molar-refractivity contribution in [3.8, 4) is 0 Å². The van der Waals surface area contributed by atoms with Crippen molar-refractivity contribution in [3.63, 3.8) is 0 Å². The Hall–Kier alpha value is -3.19. The molecule has 13 N–H and O–H groups in total. The zero-order valence-corrected chi connectivity index (χ0v) is 22.5. The van der Waals surface area contributed by atoms with Gasteiger partial charge in [0.1, 0.15) is 0 Å². The number of carbonyl (C=O) groups is 7. The van der Waals surface area contributed by atoms with Crippen LogP contribution in [0.25, 0.3) is 0 Å². The van der Waals surface area contributed by atoms with Gasteiger partial charge in [-0.05, 0) is 25.3 Å². The van der Waals surface area contributed by atoms with E-state index in [1.807, 2.05) is 0 Å². The number of carbonyl (C=O) groups excluding carboxylic acids is 6. The standard InChI is InChI=1S/C23H39N7O10/c1-3-11(2)17(28)20(37)30(15(33)8-25)22(21(38)39,19(36)13-5-4-6-29-13)23(14(32)7-24,40-16(34)9-26)18(35)12(27)10-31/h11-13,17,29,31H,3-10,24-28H2,1-2H3,(H,38,39). The molecule has 0 aliphatic carbocycles. The lowest BCUT2D eigenvalue weighted by Gasteiger charge is -2.49. The monoisotopic (exact) mass is 573 g/mol. The number of nitrogens with one attached hydrogen (secondary N) is 1. The maximum absolute atomic E-state index is 14.3. The Morgan fingerprint density at radius 1 is 1.05 bits per heavy atom. The van der Waals surface area contributed by atoms with Gasteiger partial charge in [-0.1, -0.05) is 20.3 Å². The number of amides is 2. The molecule has 0 aromatic carbocycles. The summed E-state index contributed by atoms with van der Waals surface area (Å²) >= 11 is 0. The molecule has 0 saturated carbocycles. The van der Waals surface area contributed by atoms with Gasteiger partial charge >= 0.3 is 11.9 Å². The number of carboxylic acids is 1. The number of hydrogen-bond donors (Lipinski definition) is 8. The molecule has 6 unspecified atom stereocenters. The highest BCUT2D eigenvalue weighted by Gasteiger charge is 2.78. The molecular weight excluding hydrogens is 534 g/mol. The third-order valence-electron chi connectivity index (χ3n) is 6.97. The van der Waals surface area contributed by atoms with Gasteiger partial charge in [0.2, 0.25) is 23.4 Å². The van der Waals surface area contributed by atoms with Crippen molar-refractivity contribution in [3.05, 3.63) is 0 Å². The molecule has 0 aromatic rings. The predicted octanol–water partition coefficient (Wildman–Crippen LogP) is -5.52. The van der Waals surface area contributed by atoms with E-state index in [9.17, 15) is 43.8 Å². The second kappa shape index (κ2) is 14.4. The molecule has 1 heterocycles. The van der Waals surface area contributed by atoms with E-state index in [0.717, 1.165) is 0 Å². The van der Waals surface area contributed by atoms with Crippen molar-refractivity contribution < 1.29 is 48.5 Å². The number of nitrogens with two attached hydrogens (primary N) is 5. The van der Waals surface area contributed by atoms with E-state index in [1.165, 1.54) is 6.92 Å². The first-order chi connectivity index (χ1) is 18.7. The molecule has 17 heteroatoms. The Bertz CT molecular complexity index is 1020. The van der Waals surface area contributed by atoms with Crippen LogP contribution in [0.15, 0.2) is 0 Å². The minimum atomic E-state index is -3.96. The number of ether oxygens (including phenoxy) is 1. The zero-order valence-electron chi connectivity index (χ0n) is 22.5. The molecule has 1 aliphatic heterocycles. The van der Waals surface area contributed by atoms with Crippen LogP contribution in [0, 0.1) is 5.92 Å².